The summed E-state index contributed by atoms with van der Waals surface area (Å²) in [5.74, 6) is -0.332. The summed E-state index contributed by atoms with van der Waals surface area (Å²) in [5.41, 5.74) is 10.5. The minimum absolute atomic E-state index is 0.0104. The number of nitrogens with one attached hydrogen (secondary N) is 1. The van der Waals surface area contributed by atoms with E-state index in [9.17, 15) is 14.4 Å². The number of rotatable bonds is 10. The number of halogens is 1. The predicted molar refractivity (Wildman–Crippen MR) is 132 cm³/mol. The van der Waals surface area contributed by atoms with Gasteiger partial charge in [-0.2, -0.15) is 4.98 Å². The smallest absolute Gasteiger partial charge is 0.354 e. The minimum Gasteiger partial charge on any atom is -0.481 e. The summed E-state index contributed by atoms with van der Waals surface area (Å²) in [6.07, 6.45) is 3.64. The highest BCUT2D eigenvalue weighted by molar-refractivity contribution is 6.30. The van der Waals surface area contributed by atoms with Crippen LogP contribution in [0.1, 0.15) is 12.0 Å². The second-order valence-corrected chi connectivity index (χ2v) is 7.62. The van der Waals surface area contributed by atoms with Gasteiger partial charge in [-0.15, -0.1) is 0 Å². The van der Waals surface area contributed by atoms with Crippen LogP contribution in [-0.4, -0.2) is 25.2 Å². The number of ether oxygens (including phenoxy) is 1. The van der Waals surface area contributed by atoms with Crippen molar-refractivity contribution in [2.45, 2.75) is 19.5 Å². The number of aromatic nitrogens is 3. The number of hydrogen-bond acceptors (Lipinski definition) is 8. The first-order valence-corrected chi connectivity index (χ1v) is 10.7. The number of aliphatic carboxylic acids is 1. The van der Waals surface area contributed by atoms with Crippen LogP contribution in [0, 0.1) is 0 Å². The molecule has 2 aromatic carbocycles. The average Bonchev–Trinajstić information content (AvgIpc) is 2.83. The van der Waals surface area contributed by atoms with Crippen LogP contribution in [0.2, 0.25) is 5.02 Å². The third kappa shape index (κ3) is 6.74. The molecule has 0 amide bonds. The van der Waals surface area contributed by atoms with Gasteiger partial charge in [-0.25, -0.2) is 14.2 Å². The molecule has 0 aliphatic rings. The molecule has 12 heteroatoms. The number of allylic oxidation sites excluding steroid dienone is 1. The number of anilines is 2. The lowest BCUT2D eigenvalue weighted by atomic mass is 10.2. The Morgan fingerprint density at radius 1 is 1.09 bits per heavy atom. The molecule has 0 saturated carbocycles. The van der Waals surface area contributed by atoms with Gasteiger partial charge < -0.3 is 26.6 Å². The van der Waals surface area contributed by atoms with E-state index in [1.54, 1.807) is 48.5 Å². The van der Waals surface area contributed by atoms with Gasteiger partial charge in [0, 0.05) is 23.5 Å². The number of carbonyl (C=O) groups is 1. The SMILES string of the molecule is N/C=C\C(=C/N)Oc1ccc(Nc2nc(=O)n(CCC(=O)O)c(=O)n2Cc2ccc(Cl)cc2)cc1. The van der Waals surface area contributed by atoms with E-state index in [0.29, 0.717) is 22.2 Å². The van der Waals surface area contributed by atoms with Crippen molar-refractivity contribution < 1.29 is 14.6 Å². The number of benzene rings is 2. The highest BCUT2D eigenvalue weighted by Gasteiger charge is 2.15. The molecule has 0 aliphatic heterocycles. The molecule has 1 heterocycles. The average molecular weight is 499 g/mol. The van der Waals surface area contributed by atoms with Crippen molar-refractivity contribution in [1.82, 2.24) is 14.1 Å². The van der Waals surface area contributed by atoms with E-state index in [1.165, 1.54) is 23.0 Å². The van der Waals surface area contributed by atoms with Gasteiger partial charge in [-0.05, 0) is 54.2 Å². The molecule has 3 rings (SSSR count). The Bertz CT molecular complexity index is 1360. The maximum absolute atomic E-state index is 13.1. The molecular formula is C23H23ClN6O5. The maximum Gasteiger partial charge on any atom is 0.354 e. The first kappa shape index (κ1) is 25.1. The number of nitrogens with two attached hydrogens (primary N) is 2. The molecule has 0 bridgehead atoms. The summed E-state index contributed by atoms with van der Waals surface area (Å²) in [6.45, 7) is -0.239. The molecule has 1 aromatic heterocycles. The van der Waals surface area contributed by atoms with E-state index in [2.05, 4.69) is 10.3 Å². The summed E-state index contributed by atoms with van der Waals surface area (Å²) in [7, 11) is 0. The van der Waals surface area contributed by atoms with Crippen LogP contribution in [0.3, 0.4) is 0 Å². The largest absolute Gasteiger partial charge is 0.481 e. The fourth-order valence-electron chi connectivity index (χ4n) is 3.03. The number of hydrogen-bond donors (Lipinski definition) is 4. The summed E-state index contributed by atoms with van der Waals surface area (Å²) >= 11 is 5.95. The predicted octanol–water partition coefficient (Wildman–Crippen LogP) is 1.98. The third-order valence-corrected chi connectivity index (χ3v) is 4.98. The molecule has 6 N–H and O–H groups in total. The highest BCUT2D eigenvalue weighted by Crippen LogP contribution is 2.20. The van der Waals surface area contributed by atoms with Crippen molar-refractivity contribution in [2.75, 3.05) is 5.32 Å². The molecule has 0 radical (unpaired) electrons. The Morgan fingerprint density at radius 2 is 1.77 bits per heavy atom. The van der Waals surface area contributed by atoms with E-state index in [4.69, 9.17) is 32.9 Å². The zero-order valence-corrected chi connectivity index (χ0v) is 19.2. The second kappa shape index (κ2) is 11.6. The molecular weight excluding hydrogens is 476 g/mol. The lowest BCUT2D eigenvalue weighted by Gasteiger charge is -2.16. The zero-order valence-electron chi connectivity index (χ0n) is 18.4. The molecule has 35 heavy (non-hydrogen) atoms. The zero-order chi connectivity index (χ0) is 25.4. The molecule has 3 aromatic rings. The van der Waals surface area contributed by atoms with E-state index in [0.717, 1.165) is 10.1 Å². The minimum atomic E-state index is -1.14. The topological polar surface area (TPSA) is 167 Å². The molecule has 182 valence electrons. The van der Waals surface area contributed by atoms with Crippen LogP contribution in [0.25, 0.3) is 0 Å². The van der Waals surface area contributed by atoms with E-state index in [-0.39, 0.29) is 19.0 Å². The van der Waals surface area contributed by atoms with Crippen LogP contribution >= 0.6 is 11.6 Å². The summed E-state index contributed by atoms with van der Waals surface area (Å²) in [5, 5.41) is 12.5. The van der Waals surface area contributed by atoms with Gasteiger partial charge in [0.15, 0.2) is 0 Å². The first-order chi connectivity index (χ1) is 16.8. The normalized spacial score (nSPS) is 11.5. The lowest BCUT2D eigenvalue weighted by molar-refractivity contribution is -0.137. The van der Waals surface area contributed by atoms with Crippen molar-refractivity contribution in [3.63, 3.8) is 0 Å². The van der Waals surface area contributed by atoms with E-state index < -0.39 is 23.8 Å². The van der Waals surface area contributed by atoms with E-state index >= 15 is 0 Å². The van der Waals surface area contributed by atoms with Crippen LogP contribution in [0.5, 0.6) is 5.75 Å². The molecule has 0 atom stereocenters. The van der Waals surface area contributed by atoms with Crippen LogP contribution in [0.4, 0.5) is 11.6 Å². The van der Waals surface area contributed by atoms with Gasteiger partial charge >= 0.3 is 17.3 Å². The number of carboxylic acids is 1. The summed E-state index contributed by atoms with van der Waals surface area (Å²) in [4.78, 5) is 40.6. The fourth-order valence-corrected chi connectivity index (χ4v) is 3.15. The van der Waals surface area contributed by atoms with Crippen molar-refractivity contribution in [3.8, 4) is 5.75 Å². The molecule has 0 aliphatic carbocycles. The molecule has 0 fully saturated rings. The monoisotopic (exact) mass is 498 g/mol. The molecule has 0 spiro atoms. The Hall–Kier alpha value is -4.51. The Labute approximate surface area is 204 Å². The first-order valence-electron chi connectivity index (χ1n) is 10.3. The summed E-state index contributed by atoms with van der Waals surface area (Å²) in [6, 6.07) is 13.4. The van der Waals surface area contributed by atoms with E-state index in [1.807, 2.05) is 0 Å². The Balaban J connectivity index is 1.95. The van der Waals surface area contributed by atoms with Gasteiger partial charge in [0.1, 0.15) is 11.5 Å². The summed E-state index contributed by atoms with van der Waals surface area (Å²) < 4.78 is 7.62. The van der Waals surface area contributed by atoms with Crippen molar-refractivity contribution >= 4 is 29.2 Å². The van der Waals surface area contributed by atoms with Crippen LogP contribution in [0.15, 0.2) is 82.4 Å². The van der Waals surface area contributed by atoms with Gasteiger partial charge in [-0.1, -0.05) is 23.7 Å². The van der Waals surface area contributed by atoms with Crippen molar-refractivity contribution in [3.05, 3.63) is 104 Å². The lowest BCUT2D eigenvalue weighted by Crippen LogP contribution is -2.43. The fraction of sp³-hybridized carbons (Fsp3) is 0.130. The standard InChI is InChI=1S/C23H23ClN6O5/c24-16-3-1-15(2-4-16)14-30-21(28-22(33)29(23(30)34)12-10-20(31)32)27-17-5-7-18(8-6-17)35-19(13-26)9-11-25/h1-9,11,13H,10,12,14,25-26H2,(H,31,32)(H,27,28,33)/b11-9-,19-13+. The molecule has 11 nitrogen and oxygen atoms in total. The number of carboxylic acid groups (broad SMARTS) is 1. The van der Waals surface area contributed by atoms with Gasteiger partial charge in [0.05, 0.1) is 13.0 Å². The quantitative estimate of drug-likeness (QED) is 0.241. The van der Waals surface area contributed by atoms with Crippen LogP contribution in [-0.2, 0) is 17.9 Å². The Kier molecular flexibility index (Phi) is 8.30. The maximum atomic E-state index is 13.1. The third-order valence-electron chi connectivity index (χ3n) is 4.72. The van der Waals surface area contributed by atoms with Gasteiger partial charge in [-0.3, -0.25) is 9.36 Å². The Morgan fingerprint density at radius 3 is 2.37 bits per heavy atom. The van der Waals surface area contributed by atoms with Gasteiger partial charge in [0.2, 0.25) is 5.95 Å². The van der Waals surface area contributed by atoms with Crippen LogP contribution < -0.4 is 32.9 Å². The number of nitrogens with zero attached hydrogens (tertiary/aromatic N) is 3. The van der Waals surface area contributed by atoms with Crippen molar-refractivity contribution in [2.24, 2.45) is 11.5 Å². The molecule has 0 unspecified atom stereocenters. The molecule has 0 saturated heterocycles. The second-order valence-electron chi connectivity index (χ2n) is 7.19. The van der Waals surface area contributed by atoms with Gasteiger partial charge in [0.25, 0.3) is 0 Å². The highest BCUT2D eigenvalue weighted by atomic mass is 35.5. The van der Waals surface area contributed by atoms with Crippen molar-refractivity contribution in [1.29, 1.82) is 0 Å².